The average molecular weight is 148 g/mol. The first-order chi connectivity index (χ1) is 5.25. The molecule has 0 saturated heterocycles. The zero-order chi connectivity index (χ0) is 8.27. The molecule has 11 heavy (non-hydrogen) atoms. The van der Waals surface area contributed by atoms with Crippen LogP contribution in [0.2, 0.25) is 0 Å². The molecule has 3 nitrogen and oxygen atoms in total. The molecule has 1 rings (SSSR count). The fraction of sp³-hybridized carbons (Fsp3) is 0.250. The van der Waals surface area contributed by atoms with Crippen LogP contribution in [0.3, 0.4) is 0 Å². The van der Waals surface area contributed by atoms with Gasteiger partial charge < -0.3 is 0 Å². The topological polar surface area (TPSA) is 34.9 Å². The van der Waals surface area contributed by atoms with Crippen LogP contribution in [-0.4, -0.2) is 9.55 Å². The third kappa shape index (κ3) is 1.47. The van der Waals surface area contributed by atoms with Crippen LogP contribution < -0.4 is 5.56 Å². The number of terminal acetylenes is 1. The van der Waals surface area contributed by atoms with Crippen molar-refractivity contribution in [3.63, 3.8) is 0 Å². The van der Waals surface area contributed by atoms with Gasteiger partial charge in [0.05, 0.1) is 12.2 Å². The third-order valence-electron chi connectivity index (χ3n) is 1.41. The molecule has 0 fully saturated rings. The van der Waals surface area contributed by atoms with E-state index in [1.54, 1.807) is 13.1 Å². The molecule has 0 bridgehead atoms. The SMILES string of the molecule is C#CC(C)n1ccncc1=O. The van der Waals surface area contributed by atoms with Crippen molar-refractivity contribution in [2.24, 2.45) is 0 Å². The lowest BCUT2D eigenvalue weighted by Crippen LogP contribution is -2.21. The van der Waals surface area contributed by atoms with Crippen molar-refractivity contribution < 1.29 is 0 Å². The smallest absolute Gasteiger partial charge is 0.270 e. The first kappa shape index (κ1) is 7.55. The van der Waals surface area contributed by atoms with Crippen LogP contribution in [-0.2, 0) is 0 Å². The lowest BCUT2D eigenvalue weighted by atomic mass is 10.3. The Morgan fingerprint density at radius 1 is 1.82 bits per heavy atom. The van der Waals surface area contributed by atoms with Gasteiger partial charge in [-0.1, -0.05) is 5.92 Å². The van der Waals surface area contributed by atoms with Crippen LogP contribution in [0.15, 0.2) is 23.4 Å². The van der Waals surface area contributed by atoms with Crippen LogP contribution in [0, 0.1) is 12.3 Å². The van der Waals surface area contributed by atoms with Crippen molar-refractivity contribution in [3.05, 3.63) is 28.9 Å². The molecule has 0 amide bonds. The molecular formula is C8H8N2O. The minimum absolute atomic E-state index is 0.169. The van der Waals surface area contributed by atoms with E-state index in [0.29, 0.717) is 0 Å². The molecule has 0 aromatic carbocycles. The Morgan fingerprint density at radius 3 is 3.09 bits per heavy atom. The molecule has 1 atom stereocenters. The van der Waals surface area contributed by atoms with Crippen LogP contribution in [0.25, 0.3) is 0 Å². The molecule has 0 radical (unpaired) electrons. The van der Waals surface area contributed by atoms with Gasteiger partial charge in [0.2, 0.25) is 0 Å². The minimum Gasteiger partial charge on any atom is -0.299 e. The molecule has 1 heterocycles. The summed E-state index contributed by atoms with van der Waals surface area (Å²) >= 11 is 0. The van der Waals surface area contributed by atoms with E-state index in [1.165, 1.54) is 17.0 Å². The van der Waals surface area contributed by atoms with Crippen molar-refractivity contribution in [1.82, 2.24) is 9.55 Å². The van der Waals surface area contributed by atoms with Gasteiger partial charge in [0.25, 0.3) is 5.56 Å². The second-order valence-electron chi connectivity index (χ2n) is 2.16. The Balaban J connectivity index is 3.16. The molecule has 0 aliphatic rings. The van der Waals surface area contributed by atoms with Crippen molar-refractivity contribution in [3.8, 4) is 12.3 Å². The summed E-state index contributed by atoms with van der Waals surface area (Å²) in [6.45, 7) is 1.78. The Kier molecular flexibility index (Phi) is 2.07. The van der Waals surface area contributed by atoms with Crippen LogP contribution in [0.4, 0.5) is 0 Å². The summed E-state index contributed by atoms with van der Waals surface area (Å²) in [5.74, 6) is 2.46. The van der Waals surface area contributed by atoms with Gasteiger partial charge in [-0.15, -0.1) is 6.42 Å². The Hall–Kier alpha value is -1.56. The average Bonchev–Trinajstić information content (AvgIpc) is 2.04. The monoisotopic (exact) mass is 148 g/mol. The van der Waals surface area contributed by atoms with Gasteiger partial charge in [-0.2, -0.15) is 0 Å². The number of hydrogen-bond acceptors (Lipinski definition) is 2. The van der Waals surface area contributed by atoms with Gasteiger partial charge in [-0.25, -0.2) is 0 Å². The maximum absolute atomic E-state index is 11.0. The van der Waals surface area contributed by atoms with Crippen molar-refractivity contribution in [1.29, 1.82) is 0 Å². The van der Waals surface area contributed by atoms with Crippen LogP contribution in [0.1, 0.15) is 13.0 Å². The predicted molar refractivity (Wildman–Crippen MR) is 42.0 cm³/mol. The minimum atomic E-state index is -0.203. The summed E-state index contributed by atoms with van der Waals surface area (Å²) in [5.41, 5.74) is -0.169. The standard InChI is InChI=1S/C8H8N2O/c1-3-7(2)10-5-4-9-6-8(10)11/h1,4-7H,2H3. The van der Waals surface area contributed by atoms with E-state index >= 15 is 0 Å². The van der Waals surface area contributed by atoms with Crippen molar-refractivity contribution in [2.75, 3.05) is 0 Å². The molecule has 1 aromatic rings. The van der Waals surface area contributed by atoms with Crippen LogP contribution in [0.5, 0.6) is 0 Å². The summed E-state index contributed by atoms with van der Waals surface area (Å²) in [6.07, 6.45) is 9.50. The summed E-state index contributed by atoms with van der Waals surface area (Å²) in [7, 11) is 0. The summed E-state index contributed by atoms with van der Waals surface area (Å²) in [6, 6.07) is -0.203. The number of aromatic nitrogens is 2. The quantitative estimate of drug-likeness (QED) is 0.541. The van der Waals surface area contributed by atoms with Crippen molar-refractivity contribution >= 4 is 0 Å². The highest BCUT2D eigenvalue weighted by Crippen LogP contribution is 1.96. The summed E-state index contributed by atoms with van der Waals surface area (Å²) < 4.78 is 1.45. The van der Waals surface area contributed by atoms with Crippen LogP contribution >= 0.6 is 0 Å². The zero-order valence-electron chi connectivity index (χ0n) is 6.19. The van der Waals surface area contributed by atoms with E-state index in [-0.39, 0.29) is 11.6 Å². The van der Waals surface area contributed by atoms with Gasteiger partial charge in [0, 0.05) is 12.4 Å². The normalized spacial score (nSPS) is 12.0. The fourth-order valence-corrected chi connectivity index (χ4v) is 0.757. The fourth-order valence-electron chi connectivity index (χ4n) is 0.757. The molecule has 0 N–H and O–H groups in total. The maximum atomic E-state index is 11.0. The number of rotatable bonds is 1. The number of hydrogen-bond donors (Lipinski definition) is 0. The molecule has 1 unspecified atom stereocenters. The molecule has 0 aliphatic heterocycles. The third-order valence-corrected chi connectivity index (χ3v) is 1.41. The maximum Gasteiger partial charge on any atom is 0.270 e. The zero-order valence-corrected chi connectivity index (χ0v) is 6.19. The second-order valence-corrected chi connectivity index (χ2v) is 2.16. The Labute approximate surface area is 64.7 Å². The highest BCUT2D eigenvalue weighted by atomic mass is 16.1. The van der Waals surface area contributed by atoms with E-state index in [4.69, 9.17) is 6.42 Å². The second kappa shape index (κ2) is 3.02. The molecule has 3 heteroatoms. The summed E-state index contributed by atoms with van der Waals surface area (Å²) in [4.78, 5) is 14.7. The lowest BCUT2D eigenvalue weighted by Gasteiger charge is -2.05. The van der Waals surface area contributed by atoms with Crippen molar-refractivity contribution in [2.45, 2.75) is 13.0 Å². The predicted octanol–water partition coefficient (Wildman–Crippen LogP) is 0.437. The van der Waals surface area contributed by atoms with E-state index in [0.717, 1.165) is 0 Å². The van der Waals surface area contributed by atoms with Gasteiger partial charge in [-0.3, -0.25) is 14.3 Å². The molecule has 0 spiro atoms. The first-order valence-electron chi connectivity index (χ1n) is 3.24. The first-order valence-corrected chi connectivity index (χ1v) is 3.24. The molecule has 1 aromatic heterocycles. The Morgan fingerprint density at radius 2 is 2.55 bits per heavy atom. The van der Waals surface area contributed by atoms with Gasteiger partial charge in [0.1, 0.15) is 0 Å². The molecule has 0 saturated carbocycles. The molecular weight excluding hydrogens is 140 g/mol. The molecule has 0 aliphatic carbocycles. The molecule has 56 valence electrons. The van der Waals surface area contributed by atoms with Gasteiger partial charge >= 0.3 is 0 Å². The summed E-state index contributed by atoms with van der Waals surface area (Å²) in [5, 5.41) is 0. The van der Waals surface area contributed by atoms with E-state index in [1.807, 2.05) is 0 Å². The largest absolute Gasteiger partial charge is 0.299 e. The van der Waals surface area contributed by atoms with Gasteiger partial charge in [0.15, 0.2) is 0 Å². The van der Waals surface area contributed by atoms with E-state index in [2.05, 4.69) is 10.9 Å². The van der Waals surface area contributed by atoms with E-state index < -0.39 is 0 Å². The highest BCUT2D eigenvalue weighted by Gasteiger charge is 1.99. The highest BCUT2D eigenvalue weighted by molar-refractivity contribution is 4.98. The van der Waals surface area contributed by atoms with Gasteiger partial charge in [-0.05, 0) is 6.92 Å². The lowest BCUT2D eigenvalue weighted by molar-refractivity contribution is 0.647. The van der Waals surface area contributed by atoms with E-state index in [9.17, 15) is 4.79 Å². The Bertz CT molecular complexity index is 334. The number of nitrogens with zero attached hydrogens (tertiary/aromatic N) is 2.